The Bertz CT molecular complexity index is 652. The molecule has 2 aliphatic carbocycles. The fourth-order valence-electron chi connectivity index (χ4n) is 3.57. The van der Waals surface area contributed by atoms with Crippen LogP contribution in [0, 0.1) is 0 Å². The van der Waals surface area contributed by atoms with E-state index in [0.717, 1.165) is 19.3 Å². The Kier molecular flexibility index (Phi) is 2.56. The van der Waals surface area contributed by atoms with Gasteiger partial charge in [0.15, 0.2) is 0 Å². The lowest BCUT2D eigenvalue weighted by molar-refractivity contribution is -0.122. The third-order valence-corrected chi connectivity index (χ3v) is 5.00. The van der Waals surface area contributed by atoms with Gasteiger partial charge in [0.1, 0.15) is 5.78 Å². The Morgan fingerprint density at radius 1 is 1.00 bits per heavy atom. The van der Waals surface area contributed by atoms with Crippen molar-refractivity contribution in [2.75, 3.05) is 0 Å². The van der Waals surface area contributed by atoms with Crippen LogP contribution in [0.5, 0.6) is 0 Å². The normalized spacial score (nSPS) is 21.7. The van der Waals surface area contributed by atoms with Crippen molar-refractivity contribution in [1.82, 2.24) is 0 Å². The van der Waals surface area contributed by atoms with Crippen LogP contribution in [0.2, 0.25) is 0 Å². The SMILES string of the molecule is O=C(CC1Cc2ccccc21)C1(c2ccccc2)CC1. The minimum atomic E-state index is -0.147. The van der Waals surface area contributed by atoms with E-state index in [-0.39, 0.29) is 5.41 Å². The van der Waals surface area contributed by atoms with E-state index in [0.29, 0.717) is 18.1 Å². The lowest BCUT2D eigenvalue weighted by atomic mass is 9.73. The van der Waals surface area contributed by atoms with Crippen molar-refractivity contribution in [2.45, 2.75) is 37.0 Å². The van der Waals surface area contributed by atoms with Gasteiger partial charge in [-0.3, -0.25) is 4.79 Å². The summed E-state index contributed by atoms with van der Waals surface area (Å²) in [6.45, 7) is 0. The molecule has 20 heavy (non-hydrogen) atoms. The largest absolute Gasteiger partial charge is 0.299 e. The zero-order chi connectivity index (χ0) is 13.6. The second kappa shape index (κ2) is 4.31. The van der Waals surface area contributed by atoms with Gasteiger partial charge in [0, 0.05) is 6.42 Å². The number of hydrogen-bond donors (Lipinski definition) is 0. The van der Waals surface area contributed by atoms with E-state index < -0.39 is 0 Å². The first-order valence-electron chi connectivity index (χ1n) is 7.46. The summed E-state index contributed by atoms with van der Waals surface area (Å²) in [4.78, 5) is 12.7. The molecule has 0 saturated heterocycles. The summed E-state index contributed by atoms with van der Waals surface area (Å²) in [7, 11) is 0. The molecule has 0 aromatic heterocycles. The maximum absolute atomic E-state index is 12.7. The number of fused-ring (bicyclic) bond motifs is 1. The van der Waals surface area contributed by atoms with Crippen molar-refractivity contribution < 1.29 is 4.79 Å². The van der Waals surface area contributed by atoms with Crippen LogP contribution in [-0.4, -0.2) is 5.78 Å². The molecule has 2 aromatic carbocycles. The molecule has 0 amide bonds. The number of benzene rings is 2. The molecule has 100 valence electrons. The van der Waals surface area contributed by atoms with E-state index in [1.165, 1.54) is 16.7 Å². The molecule has 0 aliphatic heterocycles. The quantitative estimate of drug-likeness (QED) is 0.813. The zero-order valence-corrected chi connectivity index (χ0v) is 11.5. The Balaban J connectivity index is 1.53. The smallest absolute Gasteiger partial charge is 0.144 e. The summed E-state index contributed by atoms with van der Waals surface area (Å²) in [5, 5.41) is 0. The third kappa shape index (κ3) is 1.73. The van der Waals surface area contributed by atoms with Crippen LogP contribution in [0.15, 0.2) is 54.6 Å². The maximum atomic E-state index is 12.7. The molecule has 4 rings (SSSR count). The third-order valence-electron chi connectivity index (χ3n) is 5.00. The van der Waals surface area contributed by atoms with Crippen molar-refractivity contribution in [3.63, 3.8) is 0 Å². The fraction of sp³-hybridized carbons (Fsp3) is 0.316. The van der Waals surface area contributed by atoms with Crippen LogP contribution in [0.4, 0.5) is 0 Å². The summed E-state index contributed by atoms with van der Waals surface area (Å²) in [6, 6.07) is 18.9. The van der Waals surface area contributed by atoms with E-state index in [2.05, 4.69) is 36.4 Å². The molecule has 2 aliphatic rings. The number of carbonyl (C=O) groups is 1. The number of ketones is 1. The van der Waals surface area contributed by atoms with Crippen LogP contribution in [-0.2, 0) is 16.6 Å². The lowest BCUT2D eigenvalue weighted by Crippen LogP contribution is -2.27. The molecule has 1 heteroatoms. The van der Waals surface area contributed by atoms with Gasteiger partial charge in [-0.2, -0.15) is 0 Å². The molecule has 0 spiro atoms. The van der Waals surface area contributed by atoms with E-state index in [1.807, 2.05) is 18.2 Å². The van der Waals surface area contributed by atoms with Crippen molar-refractivity contribution in [3.8, 4) is 0 Å². The van der Waals surface area contributed by atoms with Crippen molar-refractivity contribution >= 4 is 5.78 Å². The molecule has 1 atom stereocenters. The molecule has 1 fully saturated rings. The Labute approximate surface area is 119 Å². The van der Waals surface area contributed by atoms with Crippen LogP contribution in [0.3, 0.4) is 0 Å². The maximum Gasteiger partial charge on any atom is 0.144 e. The summed E-state index contributed by atoms with van der Waals surface area (Å²) in [5.74, 6) is 0.906. The monoisotopic (exact) mass is 262 g/mol. The predicted molar refractivity (Wildman–Crippen MR) is 79.9 cm³/mol. The first-order valence-corrected chi connectivity index (χ1v) is 7.46. The van der Waals surface area contributed by atoms with Gasteiger partial charge in [-0.05, 0) is 41.9 Å². The Morgan fingerprint density at radius 2 is 1.70 bits per heavy atom. The van der Waals surface area contributed by atoms with E-state index >= 15 is 0 Å². The number of carbonyl (C=O) groups excluding carboxylic acids is 1. The molecule has 1 nitrogen and oxygen atoms in total. The van der Waals surface area contributed by atoms with Gasteiger partial charge >= 0.3 is 0 Å². The van der Waals surface area contributed by atoms with Gasteiger partial charge in [-0.15, -0.1) is 0 Å². The molecular weight excluding hydrogens is 244 g/mol. The van der Waals surface area contributed by atoms with Crippen LogP contribution >= 0.6 is 0 Å². The minimum absolute atomic E-state index is 0.147. The highest BCUT2D eigenvalue weighted by molar-refractivity contribution is 5.93. The first-order chi connectivity index (χ1) is 9.79. The Morgan fingerprint density at radius 3 is 2.40 bits per heavy atom. The molecule has 2 aromatic rings. The van der Waals surface area contributed by atoms with Crippen molar-refractivity contribution in [3.05, 3.63) is 71.3 Å². The second-order valence-electron chi connectivity index (χ2n) is 6.18. The molecule has 0 radical (unpaired) electrons. The molecule has 1 unspecified atom stereocenters. The first kappa shape index (κ1) is 11.9. The van der Waals surface area contributed by atoms with Gasteiger partial charge in [0.05, 0.1) is 5.41 Å². The topological polar surface area (TPSA) is 17.1 Å². The number of Topliss-reactive ketones (excluding diaryl/α,β-unsaturated/α-hetero) is 1. The molecule has 0 bridgehead atoms. The molecule has 0 N–H and O–H groups in total. The van der Waals surface area contributed by atoms with E-state index in [1.54, 1.807) is 0 Å². The number of hydrogen-bond acceptors (Lipinski definition) is 1. The summed E-state index contributed by atoms with van der Waals surface area (Å²) < 4.78 is 0. The number of rotatable bonds is 4. The highest BCUT2D eigenvalue weighted by Crippen LogP contribution is 2.51. The van der Waals surface area contributed by atoms with Gasteiger partial charge in [0.2, 0.25) is 0 Å². The van der Waals surface area contributed by atoms with Crippen LogP contribution in [0.25, 0.3) is 0 Å². The van der Waals surface area contributed by atoms with Gasteiger partial charge in [-0.25, -0.2) is 0 Å². The summed E-state index contributed by atoms with van der Waals surface area (Å²) in [5.41, 5.74) is 3.89. The minimum Gasteiger partial charge on any atom is -0.299 e. The lowest BCUT2D eigenvalue weighted by Gasteiger charge is -2.30. The van der Waals surface area contributed by atoms with Gasteiger partial charge < -0.3 is 0 Å². The van der Waals surface area contributed by atoms with Crippen LogP contribution < -0.4 is 0 Å². The predicted octanol–water partition coefficient (Wildman–Crippen LogP) is 4.02. The highest BCUT2D eigenvalue weighted by Gasteiger charge is 2.51. The average Bonchev–Trinajstić information content (AvgIpc) is 3.27. The van der Waals surface area contributed by atoms with Crippen molar-refractivity contribution in [1.29, 1.82) is 0 Å². The molecule has 0 heterocycles. The second-order valence-corrected chi connectivity index (χ2v) is 6.18. The zero-order valence-electron chi connectivity index (χ0n) is 11.5. The summed E-state index contributed by atoms with van der Waals surface area (Å²) >= 11 is 0. The van der Waals surface area contributed by atoms with Crippen molar-refractivity contribution in [2.24, 2.45) is 0 Å². The fourth-order valence-corrected chi connectivity index (χ4v) is 3.57. The summed E-state index contributed by atoms with van der Waals surface area (Å²) in [6.07, 6.45) is 3.85. The highest BCUT2D eigenvalue weighted by atomic mass is 16.1. The van der Waals surface area contributed by atoms with Crippen LogP contribution in [0.1, 0.15) is 41.9 Å². The van der Waals surface area contributed by atoms with E-state index in [9.17, 15) is 4.79 Å². The standard InChI is InChI=1S/C19H18O/c20-18(13-15-12-14-6-4-5-9-17(14)15)19(10-11-19)16-7-2-1-3-8-16/h1-9,15H,10-13H2. The molecule has 1 saturated carbocycles. The van der Waals surface area contributed by atoms with E-state index in [4.69, 9.17) is 0 Å². The Hall–Kier alpha value is -1.89. The van der Waals surface area contributed by atoms with Gasteiger partial charge in [0.25, 0.3) is 0 Å². The van der Waals surface area contributed by atoms with Gasteiger partial charge in [-0.1, -0.05) is 54.6 Å². The average molecular weight is 262 g/mol. The molecular formula is C19H18O.